The van der Waals surface area contributed by atoms with Gasteiger partial charge >= 0.3 is 0 Å². The van der Waals surface area contributed by atoms with Crippen molar-refractivity contribution in [1.82, 2.24) is 10.2 Å². The number of rotatable bonds is 13. The van der Waals surface area contributed by atoms with E-state index in [2.05, 4.69) is 16.3 Å². The number of hydrogen-bond donors (Lipinski definition) is 1. The van der Waals surface area contributed by atoms with Crippen LogP contribution in [0.5, 0.6) is 23.0 Å². The topological polar surface area (TPSA) is 107 Å². The molecule has 11 heteroatoms. The first kappa shape index (κ1) is 30.0. The smallest absolute Gasteiger partial charge is 0.265 e. The first-order valence-electron chi connectivity index (χ1n) is 13.3. The summed E-state index contributed by atoms with van der Waals surface area (Å²) in [6.45, 7) is 2.71. The fraction of sp³-hybridized carbons (Fsp3) is 0.367. The van der Waals surface area contributed by atoms with Gasteiger partial charge in [0, 0.05) is 25.2 Å². The van der Waals surface area contributed by atoms with E-state index in [9.17, 15) is 13.2 Å². The van der Waals surface area contributed by atoms with Crippen LogP contribution in [0.25, 0.3) is 0 Å². The van der Waals surface area contributed by atoms with Crippen LogP contribution in [0.2, 0.25) is 0 Å². The molecule has 0 aliphatic carbocycles. The first-order valence-corrected chi connectivity index (χ1v) is 14.8. The Hall–Kier alpha value is -3.96. The van der Waals surface area contributed by atoms with Gasteiger partial charge in [0.25, 0.3) is 10.0 Å². The van der Waals surface area contributed by atoms with Crippen molar-refractivity contribution in [3.05, 3.63) is 71.8 Å². The minimum atomic E-state index is -4.28. The summed E-state index contributed by atoms with van der Waals surface area (Å²) in [7, 11) is 1.52. The highest BCUT2D eigenvalue weighted by atomic mass is 32.2. The van der Waals surface area contributed by atoms with Gasteiger partial charge in [-0.15, -0.1) is 0 Å². The highest BCUT2D eigenvalue weighted by molar-refractivity contribution is 7.92. The molecule has 0 aromatic heterocycles. The summed E-state index contributed by atoms with van der Waals surface area (Å²) in [5.74, 6) is 0.811. The zero-order chi connectivity index (χ0) is 29.4. The Balaban J connectivity index is 1.64. The van der Waals surface area contributed by atoms with E-state index in [-0.39, 0.29) is 28.6 Å². The van der Waals surface area contributed by atoms with E-state index in [1.807, 2.05) is 18.2 Å². The van der Waals surface area contributed by atoms with Crippen molar-refractivity contribution in [2.75, 3.05) is 52.4 Å². The Kier molecular flexibility index (Phi) is 9.95. The second kappa shape index (κ2) is 13.6. The maximum Gasteiger partial charge on any atom is 0.265 e. The number of methoxy groups -OCH3 is 4. The summed E-state index contributed by atoms with van der Waals surface area (Å²) >= 11 is 0. The minimum absolute atomic E-state index is 0.0798. The normalized spacial score (nSPS) is 13.5. The van der Waals surface area contributed by atoms with Gasteiger partial charge in [0.1, 0.15) is 18.0 Å². The summed E-state index contributed by atoms with van der Waals surface area (Å²) in [6.07, 6.45) is 2.38. The van der Waals surface area contributed by atoms with Crippen LogP contribution in [0, 0.1) is 0 Å². The van der Waals surface area contributed by atoms with Crippen LogP contribution in [0.1, 0.15) is 24.0 Å². The van der Waals surface area contributed by atoms with Gasteiger partial charge in [-0.2, -0.15) is 0 Å². The highest BCUT2D eigenvalue weighted by Gasteiger charge is 2.31. The molecule has 0 unspecified atom stereocenters. The second-order valence-corrected chi connectivity index (χ2v) is 11.5. The predicted octanol–water partition coefficient (Wildman–Crippen LogP) is 3.83. The van der Waals surface area contributed by atoms with E-state index in [0.29, 0.717) is 11.5 Å². The number of nitrogens with one attached hydrogen (secondary N) is 1. The maximum absolute atomic E-state index is 14.1. The van der Waals surface area contributed by atoms with Gasteiger partial charge in [0.2, 0.25) is 5.91 Å². The minimum Gasteiger partial charge on any atom is -0.497 e. The molecule has 1 saturated heterocycles. The van der Waals surface area contributed by atoms with Crippen LogP contribution >= 0.6 is 0 Å². The van der Waals surface area contributed by atoms with E-state index in [1.165, 1.54) is 65.5 Å². The van der Waals surface area contributed by atoms with Gasteiger partial charge in [-0.3, -0.25) is 14.0 Å². The molecule has 0 saturated carbocycles. The van der Waals surface area contributed by atoms with Crippen LogP contribution in [0.3, 0.4) is 0 Å². The van der Waals surface area contributed by atoms with E-state index < -0.39 is 22.5 Å². The Morgan fingerprint density at radius 3 is 2.15 bits per heavy atom. The third-order valence-corrected chi connectivity index (χ3v) is 8.83. The van der Waals surface area contributed by atoms with Gasteiger partial charge in [-0.25, -0.2) is 8.42 Å². The van der Waals surface area contributed by atoms with Crippen molar-refractivity contribution in [1.29, 1.82) is 0 Å². The van der Waals surface area contributed by atoms with Gasteiger partial charge in [-0.1, -0.05) is 24.3 Å². The number of hydrogen-bond acceptors (Lipinski definition) is 8. The molecular weight excluding hydrogens is 546 g/mol. The Morgan fingerprint density at radius 2 is 1.49 bits per heavy atom. The van der Waals surface area contributed by atoms with Crippen molar-refractivity contribution in [3.8, 4) is 23.0 Å². The maximum atomic E-state index is 14.1. The standard InChI is InChI=1S/C30H37N3O7S/c1-37-24-11-13-27(38-2)26(17-24)33(41(35,36)25-12-14-28(39-3)29(18-25)40-4)21-30(34)31-19-22-9-5-6-10-23(22)20-32-15-7-8-16-32/h5-6,9-14,17-18H,7-8,15-16,19-21H2,1-4H3,(H,31,34). The van der Waals surface area contributed by atoms with Crippen molar-refractivity contribution in [2.45, 2.75) is 30.8 Å². The lowest BCUT2D eigenvalue weighted by atomic mass is 10.1. The van der Waals surface area contributed by atoms with E-state index in [0.717, 1.165) is 35.1 Å². The lowest BCUT2D eigenvalue weighted by Crippen LogP contribution is -2.41. The number of likely N-dealkylation sites (tertiary alicyclic amines) is 1. The molecule has 3 aromatic rings. The van der Waals surface area contributed by atoms with Gasteiger partial charge in [0.15, 0.2) is 11.5 Å². The highest BCUT2D eigenvalue weighted by Crippen LogP contribution is 2.37. The summed E-state index contributed by atoms with van der Waals surface area (Å²) in [5.41, 5.74) is 2.28. The lowest BCUT2D eigenvalue weighted by molar-refractivity contribution is -0.119. The number of benzene rings is 3. The van der Waals surface area contributed by atoms with E-state index >= 15 is 0 Å². The number of ether oxygens (including phenoxy) is 4. The number of anilines is 1. The molecule has 4 rings (SSSR count). The second-order valence-electron chi connectivity index (χ2n) is 9.59. The monoisotopic (exact) mass is 583 g/mol. The van der Waals surface area contributed by atoms with Crippen molar-refractivity contribution in [3.63, 3.8) is 0 Å². The molecule has 220 valence electrons. The van der Waals surface area contributed by atoms with Crippen LogP contribution in [0.4, 0.5) is 5.69 Å². The van der Waals surface area contributed by atoms with Crippen LogP contribution in [0.15, 0.2) is 65.6 Å². The molecule has 1 N–H and O–H groups in total. The fourth-order valence-corrected chi connectivity index (χ4v) is 6.28. The number of sulfonamides is 1. The van der Waals surface area contributed by atoms with Crippen LogP contribution < -0.4 is 28.6 Å². The third kappa shape index (κ3) is 7.04. The van der Waals surface area contributed by atoms with Gasteiger partial charge in [0.05, 0.1) is 39.0 Å². The summed E-state index contributed by atoms with van der Waals surface area (Å²) in [6, 6.07) is 17.0. The Morgan fingerprint density at radius 1 is 0.829 bits per heavy atom. The molecular formula is C30H37N3O7S. The average Bonchev–Trinajstić information content (AvgIpc) is 3.51. The molecule has 0 atom stereocenters. The molecule has 1 aliphatic heterocycles. The number of amides is 1. The largest absolute Gasteiger partial charge is 0.497 e. The summed E-state index contributed by atoms with van der Waals surface area (Å²) in [4.78, 5) is 15.7. The van der Waals surface area contributed by atoms with Crippen LogP contribution in [-0.4, -0.2) is 67.3 Å². The number of carbonyl (C=O) groups excluding carboxylic acids is 1. The molecule has 41 heavy (non-hydrogen) atoms. The van der Waals surface area contributed by atoms with Crippen molar-refractivity contribution < 1.29 is 32.2 Å². The van der Waals surface area contributed by atoms with E-state index in [4.69, 9.17) is 18.9 Å². The SMILES string of the molecule is COc1ccc(OC)c(N(CC(=O)NCc2ccccc2CN2CCCC2)S(=O)(=O)c2ccc(OC)c(OC)c2)c1. The fourth-order valence-electron chi connectivity index (χ4n) is 4.84. The van der Waals surface area contributed by atoms with Crippen molar-refractivity contribution >= 4 is 21.6 Å². The Labute approximate surface area is 241 Å². The first-order chi connectivity index (χ1) is 19.8. The molecule has 1 fully saturated rings. The summed E-state index contributed by atoms with van der Waals surface area (Å²) < 4.78 is 50.6. The average molecular weight is 584 g/mol. The Bertz CT molecular complexity index is 1460. The van der Waals surface area contributed by atoms with E-state index in [1.54, 1.807) is 12.1 Å². The lowest BCUT2D eigenvalue weighted by Gasteiger charge is -2.26. The molecule has 10 nitrogen and oxygen atoms in total. The van der Waals surface area contributed by atoms with Crippen LogP contribution in [-0.2, 0) is 27.9 Å². The molecule has 1 amide bonds. The zero-order valence-corrected chi connectivity index (χ0v) is 24.7. The molecule has 0 spiro atoms. The number of carbonyl (C=O) groups is 1. The van der Waals surface area contributed by atoms with Crippen molar-refractivity contribution in [2.24, 2.45) is 0 Å². The molecule has 1 aliphatic rings. The molecule has 0 radical (unpaired) electrons. The van der Waals surface area contributed by atoms with Gasteiger partial charge < -0.3 is 24.3 Å². The molecule has 0 bridgehead atoms. The third-order valence-electron chi connectivity index (χ3n) is 7.07. The predicted molar refractivity (Wildman–Crippen MR) is 156 cm³/mol. The number of nitrogens with zero attached hydrogens (tertiary/aromatic N) is 2. The summed E-state index contributed by atoms with van der Waals surface area (Å²) in [5, 5.41) is 2.91. The zero-order valence-electron chi connectivity index (χ0n) is 23.9. The molecule has 1 heterocycles. The quantitative estimate of drug-likeness (QED) is 0.324. The van der Waals surface area contributed by atoms with Gasteiger partial charge in [-0.05, 0) is 61.3 Å². The molecule has 3 aromatic carbocycles.